The summed E-state index contributed by atoms with van der Waals surface area (Å²) in [6, 6.07) is 10.3. The summed E-state index contributed by atoms with van der Waals surface area (Å²) in [5.74, 6) is 1.43. The number of aliphatic hydroxyl groups excluding tert-OH is 1. The van der Waals surface area contributed by atoms with Crippen molar-refractivity contribution in [3.05, 3.63) is 47.2 Å². The average molecular weight is 427 g/mol. The van der Waals surface area contributed by atoms with Gasteiger partial charge in [-0.25, -0.2) is 4.79 Å². The first-order valence-electron chi connectivity index (χ1n) is 12.4. The molecule has 3 atom stereocenters. The highest BCUT2D eigenvalue weighted by atomic mass is 16.6. The van der Waals surface area contributed by atoms with E-state index in [1.54, 1.807) is 0 Å². The Labute approximate surface area is 187 Å². The van der Waals surface area contributed by atoms with Crippen LogP contribution in [0.5, 0.6) is 0 Å². The van der Waals surface area contributed by atoms with Gasteiger partial charge in [0.15, 0.2) is 0 Å². The number of carbonyl (C=O) groups excluding carboxylic acids is 1. The maximum absolute atomic E-state index is 12.9. The normalized spacial score (nSPS) is 29.5. The average Bonchev–Trinajstić information content (AvgIpc) is 3.45. The van der Waals surface area contributed by atoms with Gasteiger partial charge in [0.2, 0.25) is 0 Å². The molecule has 2 fully saturated rings. The molecule has 0 saturated heterocycles. The molecule has 1 aromatic carbocycles. The molecule has 0 bridgehead atoms. The van der Waals surface area contributed by atoms with E-state index in [4.69, 9.17) is 9.47 Å². The van der Waals surface area contributed by atoms with Crippen LogP contribution in [0, 0.1) is 11.8 Å². The number of carbonyl (C=O) groups is 1. The quantitative estimate of drug-likeness (QED) is 0.471. The summed E-state index contributed by atoms with van der Waals surface area (Å²) >= 11 is 0. The summed E-state index contributed by atoms with van der Waals surface area (Å²) in [6.45, 7) is 2.27. The lowest BCUT2D eigenvalue weighted by atomic mass is 9.84. The third-order valence-electron chi connectivity index (χ3n) is 7.77. The van der Waals surface area contributed by atoms with Gasteiger partial charge in [-0.15, -0.1) is 0 Å². The van der Waals surface area contributed by atoms with Crippen LogP contribution in [0.25, 0.3) is 0 Å². The fourth-order valence-corrected chi connectivity index (χ4v) is 6.03. The van der Waals surface area contributed by atoms with Gasteiger partial charge in [-0.3, -0.25) is 0 Å². The Morgan fingerprint density at radius 1 is 1.06 bits per heavy atom. The summed E-state index contributed by atoms with van der Waals surface area (Å²) in [5.41, 5.74) is 0.941. The molecule has 0 spiro atoms. The van der Waals surface area contributed by atoms with Gasteiger partial charge in [0.1, 0.15) is 16.9 Å². The summed E-state index contributed by atoms with van der Waals surface area (Å²) in [7, 11) is 0. The van der Waals surface area contributed by atoms with Gasteiger partial charge in [-0.1, -0.05) is 69.4 Å². The molecule has 4 rings (SSSR count). The molecule has 3 unspecified atom stereocenters. The molecule has 4 heteroatoms. The maximum atomic E-state index is 12.9. The predicted octanol–water partition coefficient (Wildman–Crippen LogP) is 6.29. The van der Waals surface area contributed by atoms with Gasteiger partial charge in [0.05, 0.1) is 12.7 Å². The summed E-state index contributed by atoms with van der Waals surface area (Å²) in [5, 5.41) is 10.8. The Hall–Kier alpha value is -1.81. The van der Waals surface area contributed by atoms with Gasteiger partial charge in [0.25, 0.3) is 0 Å². The first-order valence-corrected chi connectivity index (χ1v) is 12.4. The van der Waals surface area contributed by atoms with Crippen molar-refractivity contribution in [2.75, 3.05) is 6.61 Å². The van der Waals surface area contributed by atoms with Crippen LogP contribution in [0.4, 0.5) is 0 Å². The van der Waals surface area contributed by atoms with Crippen molar-refractivity contribution in [1.82, 2.24) is 0 Å². The topological polar surface area (TPSA) is 55.8 Å². The molecule has 170 valence electrons. The number of hydrogen-bond acceptors (Lipinski definition) is 4. The summed E-state index contributed by atoms with van der Waals surface area (Å²) in [6.07, 6.45) is 12.7. The number of benzene rings is 1. The zero-order valence-corrected chi connectivity index (χ0v) is 19.0. The van der Waals surface area contributed by atoms with E-state index in [0.29, 0.717) is 12.0 Å². The molecule has 0 amide bonds. The SMILES string of the molecule is CCCC1(CCc2ccccc2)CC(O)=C(COC2CCC(C3CCCC3)C2)C(=O)O1. The Kier molecular flexibility index (Phi) is 7.37. The Bertz CT molecular complexity index is 765. The van der Waals surface area contributed by atoms with Crippen molar-refractivity contribution in [1.29, 1.82) is 0 Å². The summed E-state index contributed by atoms with van der Waals surface area (Å²) in [4.78, 5) is 12.9. The monoisotopic (exact) mass is 426 g/mol. The van der Waals surface area contributed by atoms with Crippen LogP contribution in [0.3, 0.4) is 0 Å². The minimum absolute atomic E-state index is 0.170. The second-order valence-corrected chi connectivity index (χ2v) is 9.96. The predicted molar refractivity (Wildman–Crippen MR) is 122 cm³/mol. The molecule has 3 aliphatic rings. The third-order valence-corrected chi connectivity index (χ3v) is 7.77. The smallest absolute Gasteiger partial charge is 0.340 e. The van der Waals surface area contributed by atoms with E-state index in [0.717, 1.165) is 50.4 Å². The number of esters is 1. The first-order chi connectivity index (χ1) is 15.1. The molecule has 2 saturated carbocycles. The fourth-order valence-electron chi connectivity index (χ4n) is 6.03. The second-order valence-electron chi connectivity index (χ2n) is 9.96. The molecule has 1 heterocycles. The van der Waals surface area contributed by atoms with E-state index < -0.39 is 11.6 Å². The Balaban J connectivity index is 1.34. The largest absolute Gasteiger partial charge is 0.512 e. The minimum atomic E-state index is -0.615. The van der Waals surface area contributed by atoms with E-state index in [1.165, 1.54) is 37.7 Å². The molecule has 4 nitrogen and oxygen atoms in total. The van der Waals surface area contributed by atoms with Gasteiger partial charge in [0, 0.05) is 6.42 Å². The van der Waals surface area contributed by atoms with Gasteiger partial charge < -0.3 is 14.6 Å². The van der Waals surface area contributed by atoms with Crippen LogP contribution >= 0.6 is 0 Å². The van der Waals surface area contributed by atoms with Crippen LogP contribution in [0.1, 0.15) is 83.1 Å². The van der Waals surface area contributed by atoms with Crippen molar-refractivity contribution >= 4 is 5.97 Å². The molecule has 1 N–H and O–H groups in total. The zero-order chi connectivity index (χ0) is 21.7. The molecular weight excluding hydrogens is 388 g/mol. The summed E-state index contributed by atoms with van der Waals surface area (Å²) < 4.78 is 12.1. The van der Waals surface area contributed by atoms with Crippen LogP contribution < -0.4 is 0 Å². The van der Waals surface area contributed by atoms with Gasteiger partial charge in [-0.05, 0) is 55.9 Å². The standard InChI is InChI=1S/C27H38O4/c1-2-15-27(16-14-20-8-4-3-5-9-20)18-25(28)24(26(29)31-27)19-30-23-13-12-22(17-23)21-10-6-7-11-21/h3-5,8-9,21-23,28H,2,6-7,10-19H2,1H3. The van der Waals surface area contributed by atoms with E-state index >= 15 is 0 Å². The lowest BCUT2D eigenvalue weighted by molar-refractivity contribution is -0.162. The minimum Gasteiger partial charge on any atom is -0.512 e. The van der Waals surface area contributed by atoms with E-state index in [-0.39, 0.29) is 18.5 Å². The van der Waals surface area contributed by atoms with Crippen LogP contribution in [-0.2, 0) is 20.7 Å². The number of ether oxygens (including phenoxy) is 2. The van der Waals surface area contributed by atoms with Gasteiger partial charge in [-0.2, -0.15) is 0 Å². The van der Waals surface area contributed by atoms with Crippen molar-refractivity contribution in [2.24, 2.45) is 11.8 Å². The molecule has 1 aromatic rings. The maximum Gasteiger partial charge on any atom is 0.340 e. The fraction of sp³-hybridized carbons (Fsp3) is 0.667. The molecule has 0 aromatic heterocycles. The van der Waals surface area contributed by atoms with E-state index in [9.17, 15) is 9.90 Å². The van der Waals surface area contributed by atoms with Crippen LogP contribution in [0.15, 0.2) is 41.7 Å². The molecular formula is C27H38O4. The van der Waals surface area contributed by atoms with Crippen molar-refractivity contribution in [3.8, 4) is 0 Å². The number of aryl methyl sites for hydroxylation is 1. The van der Waals surface area contributed by atoms with E-state index in [2.05, 4.69) is 19.1 Å². The number of rotatable bonds is 9. The van der Waals surface area contributed by atoms with Crippen molar-refractivity contribution in [3.63, 3.8) is 0 Å². The van der Waals surface area contributed by atoms with Crippen molar-refractivity contribution < 1.29 is 19.4 Å². The van der Waals surface area contributed by atoms with Gasteiger partial charge >= 0.3 is 5.97 Å². The Morgan fingerprint density at radius 3 is 2.55 bits per heavy atom. The number of cyclic esters (lactones) is 1. The molecule has 1 aliphatic heterocycles. The van der Waals surface area contributed by atoms with Crippen LogP contribution in [0.2, 0.25) is 0 Å². The second kappa shape index (κ2) is 10.2. The van der Waals surface area contributed by atoms with Crippen molar-refractivity contribution in [2.45, 2.75) is 95.7 Å². The molecule has 2 aliphatic carbocycles. The highest BCUT2D eigenvalue weighted by Crippen LogP contribution is 2.42. The highest BCUT2D eigenvalue weighted by molar-refractivity contribution is 5.90. The van der Waals surface area contributed by atoms with E-state index in [1.807, 2.05) is 18.2 Å². The third kappa shape index (κ3) is 5.52. The molecule has 31 heavy (non-hydrogen) atoms. The number of aliphatic hydroxyl groups is 1. The lowest BCUT2D eigenvalue weighted by Crippen LogP contribution is -2.41. The lowest BCUT2D eigenvalue weighted by Gasteiger charge is -2.37. The zero-order valence-electron chi connectivity index (χ0n) is 19.0. The van der Waals surface area contributed by atoms with Crippen LogP contribution in [-0.4, -0.2) is 29.4 Å². The highest BCUT2D eigenvalue weighted by Gasteiger charge is 2.41. The molecule has 0 radical (unpaired) electrons. The Morgan fingerprint density at radius 2 is 1.84 bits per heavy atom. The number of hydrogen-bond donors (Lipinski definition) is 1. The first kappa shape index (κ1) is 22.4.